The van der Waals surface area contributed by atoms with Crippen LogP contribution in [0.2, 0.25) is 0 Å². The summed E-state index contributed by atoms with van der Waals surface area (Å²) in [6.07, 6.45) is 1.79. The highest BCUT2D eigenvalue weighted by Gasteiger charge is 2.50. The maximum atomic E-state index is 15.2. The first kappa shape index (κ1) is 25.9. The van der Waals surface area contributed by atoms with Gasteiger partial charge in [-0.3, -0.25) is 14.6 Å². The zero-order valence-electron chi connectivity index (χ0n) is 21.8. The molecule has 5 rings (SSSR count). The number of piperidine rings is 1. The normalized spacial score (nSPS) is 33.1. The Kier molecular flexibility index (Phi) is 7.13. The molecule has 202 valence electrons. The largest absolute Gasteiger partial charge is 0.343 e. The van der Waals surface area contributed by atoms with Gasteiger partial charge in [0.25, 0.3) is 5.92 Å². The fourth-order valence-electron chi connectivity index (χ4n) is 6.36. The van der Waals surface area contributed by atoms with E-state index in [1.54, 1.807) is 4.90 Å². The molecule has 0 spiro atoms. The smallest absolute Gasteiger partial charge is 0.252 e. The number of carbonyl (C=O) groups is 1. The number of hydrogen-bond donors (Lipinski definition) is 0. The minimum Gasteiger partial charge on any atom is -0.343 e. The average molecular weight is 512 g/mol. The van der Waals surface area contributed by atoms with E-state index in [1.165, 1.54) is 0 Å². The van der Waals surface area contributed by atoms with Gasteiger partial charge < -0.3 is 9.42 Å². The van der Waals surface area contributed by atoms with E-state index in [0.717, 1.165) is 32.6 Å². The van der Waals surface area contributed by atoms with E-state index in [2.05, 4.69) is 33.8 Å². The molecule has 2 aliphatic heterocycles. The first-order valence-corrected chi connectivity index (χ1v) is 13.7. The van der Waals surface area contributed by atoms with Gasteiger partial charge in [-0.25, -0.2) is 13.2 Å². The SMILES string of the molecule is CC(C)N1CCN([C@H]2CCCC(F)(F)[C@@H]2CC(=O)N2CCC(C)(c3noc([C@@H]4C[C@@H]4F)n3)CC2)CC1. The number of aromatic nitrogens is 2. The Bertz CT molecular complexity index is 924. The van der Waals surface area contributed by atoms with Crippen LogP contribution in [0.5, 0.6) is 0 Å². The molecule has 4 atom stereocenters. The number of amides is 1. The molecule has 0 bridgehead atoms. The Hall–Kier alpha value is -1.68. The van der Waals surface area contributed by atoms with Crippen molar-refractivity contribution in [3.05, 3.63) is 11.7 Å². The predicted molar refractivity (Wildman–Crippen MR) is 129 cm³/mol. The third-order valence-electron chi connectivity index (χ3n) is 9.19. The molecule has 0 radical (unpaired) electrons. The number of alkyl halides is 3. The first-order valence-electron chi connectivity index (χ1n) is 13.7. The number of piperazine rings is 1. The highest BCUT2D eigenvalue weighted by Crippen LogP contribution is 2.45. The van der Waals surface area contributed by atoms with Crippen LogP contribution in [-0.2, 0) is 10.2 Å². The molecule has 0 unspecified atom stereocenters. The van der Waals surface area contributed by atoms with Gasteiger partial charge in [-0.15, -0.1) is 0 Å². The summed E-state index contributed by atoms with van der Waals surface area (Å²) in [5.41, 5.74) is -0.368. The first-order chi connectivity index (χ1) is 17.1. The van der Waals surface area contributed by atoms with Crippen molar-refractivity contribution in [1.82, 2.24) is 24.8 Å². The van der Waals surface area contributed by atoms with Gasteiger partial charge in [-0.05, 0) is 46.0 Å². The van der Waals surface area contributed by atoms with Crippen LogP contribution in [0, 0.1) is 5.92 Å². The molecule has 2 saturated carbocycles. The maximum Gasteiger partial charge on any atom is 0.252 e. The number of carbonyl (C=O) groups excluding carboxylic acids is 1. The topological polar surface area (TPSA) is 65.7 Å². The van der Waals surface area contributed by atoms with Gasteiger partial charge in [0.05, 0.1) is 5.92 Å². The van der Waals surface area contributed by atoms with Crippen molar-refractivity contribution in [3.63, 3.8) is 0 Å². The summed E-state index contributed by atoms with van der Waals surface area (Å²) in [5, 5.41) is 4.10. The lowest BCUT2D eigenvalue weighted by Crippen LogP contribution is -2.58. The van der Waals surface area contributed by atoms with Crippen molar-refractivity contribution in [1.29, 1.82) is 0 Å². The molecule has 36 heavy (non-hydrogen) atoms. The van der Waals surface area contributed by atoms with Crippen LogP contribution in [-0.4, -0.2) is 94.2 Å². The van der Waals surface area contributed by atoms with Gasteiger partial charge in [0.2, 0.25) is 11.8 Å². The molecule has 10 heteroatoms. The summed E-state index contributed by atoms with van der Waals surface area (Å²) in [6.45, 7) is 10.6. The highest BCUT2D eigenvalue weighted by molar-refractivity contribution is 5.76. The van der Waals surface area contributed by atoms with Crippen LogP contribution in [0.25, 0.3) is 0 Å². The lowest BCUT2D eigenvalue weighted by Gasteiger charge is -2.47. The van der Waals surface area contributed by atoms with Crippen molar-refractivity contribution in [2.24, 2.45) is 5.92 Å². The van der Waals surface area contributed by atoms with Gasteiger partial charge in [-0.1, -0.05) is 12.1 Å². The molecular formula is C26H40F3N5O2. The molecule has 7 nitrogen and oxygen atoms in total. The molecule has 1 amide bonds. The molecule has 4 fully saturated rings. The van der Waals surface area contributed by atoms with E-state index >= 15 is 8.78 Å². The Morgan fingerprint density at radius 2 is 1.78 bits per heavy atom. The quantitative estimate of drug-likeness (QED) is 0.576. The summed E-state index contributed by atoms with van der Waals surface area (Å²) < 4.78 is 49.0. The lowest BCUT2D eigenvalue weighted by molar-refractivity contribution is -0.151. The maximum absolute atomic E-state index is 15.2. The van der Waals surface area contributed by atoms with E-state index in [4.69, 9.17) is 4.52 Å². The molecule has 3 heterocycles. The predicted octanol–water partition coefficient (Wildman–Crippen LogP) is 4.00. The van der Waals surface area contributed by atoms with Gasteiger partial charge in [0.1, 0.15) is 6.17 Å². The Morgan fingerprint density at radius 3 is 2.39 bits per heavy atom. The number of nitrogens with zero attached hydrogens (tertiary/aromatic N) is 5. The third-order valence-corrected chi connectivity index (χ3v) is 9.19. The van der Waals surface area contributed by atoms with Crippen molar-refractivity contribution >= 4 is 5.91 Å². The second kappa shape index (κ2) is 9.89. The molecule has 0 aromatic carbocycles. The van der Waals surface area contributed by atoms with Crippen molar-refractivity contribution < 1.29 is 22.5 Å². The van der Waals surface area contributed by atoms with Gasteiger partial charge in [0, 0.05) is 75.5 Å². The summed E-state index contributed by atoms with van der Waals surface area (Å²) in [6, 6.07) is 0.206. The Morgan fingerprint density at radius 1 is 1.11 bits per heavy atom. The molecular weight excluding hydrogens is 471 g/mol. The monoisotopic (exact) mass is 511 g/mol. The summed E-state index contributed by atoms with van der Waals surface area (Å²) in [7, 11) is 0. The summed E-state index contributed by atoms with van der Waals surface area (Å²) in [4.78, 5) is 24.1. The van der Waals surface area contributed by atoms with E-state index in [1.807, 2.05) is 6.92 Å². The van der Waals surface area contributed by atoms with Crippen LogP contribution in [0.4, 0.5) is 13.2 Å². The second-order valence-corrected chi connectivity index (χ2v) is 12.0. The molecule has 0 N–H and O–H groups in total. The minimum absolute atomic E-state index is 0.106. The Labute approximate surface area is 211 Å². The van der Waals surface area contributed by atoms with Gasteiger partial charge in [-0.2, -0.15) is 4.98 Å². The number of rotatable bonds is 6. The fraction of sp³-hybridized carbons (Fsp3) is 0.885. The van der Waals surface area contributed by atoms with E-state index in [0.29, 0.717) is 56.5 Å². The fourth-order valence-corrected chi connectivity index (χ4v) is 6.36. The van der Waals surface area contributed by atoms with Crippen LogP contribution < -0.4 is 0 Å². The second-order valence-electron chi connectivity index (χ2n) is 12.0. The van der Waals surface area contributed by atoms with Crippen LogP contribution >= 0.6 is 0 Å². The van der Waals surface area contributed by atoms with E-state index < -0.39 is 18.0 Å². The lowest BCUT2D eigenvalue weighted by atomic mass is 9.77. The van der Waals surface area contributed by atoms with Crippen LogP contribution in [0.15, 0.2) is 4.52 Å². The molecule has 2 aliphatic carbocycles. The number of likely N-dealkylation sites (tertiary alicyclic amines) is 1. The van der Waals surface area contributed by atoms with E-state index in [9.17, 15) is 9.18 Å². The molecule has 1 aromatic heterocycles. The standard InChI is InChI=1S/C26H40F3N5O2/c1-17(2)32-11-13-33(14-12-32)21-5-4-6-26(28,29)19(21)16-22(35)34-9-7-25(3,8-10-34)24-30-23(36-31-24)18-15-20(18)27/h17-21H,4-16H2,1-3H3/t18-,19-,20+,21+/m1/s1. The summed E-state index contributed by atoms with van der Waals surface area (Å²) >= 11 is 0. The highest BCUT2D eigenvalue weighted by atomic mass is 19.3. The number of halogens is 3. The van der Waals surface area contributed by atoms with Crippen LogP contribution in [0.3, 0.4) is 0 Å². The number of hydrogen-bond acceptors (Lipinski definition) is 6. The average Bonchev–Trinajstić information content (AvgIpc) is 3.36. The van der Waals surface area contributed by atoms with Crippen molar-refractivity contribution in [2.45, 2.75) is 101 Å². The summed E-state index contributed by atoms with van der Waals surface area (Å²) in [5.74, 6) is -3.31. The Balaban J connectivity index is 1.20. The van der Waals surface area contributed by atoms with E-state index in [-0.39, 0.29) is 36.1 Å². The van der Waals surface area contributed by atoms with Gasteiger partial charge >= 0.3 is 0 Å². The van der Waals surface area contributed by atoms with Crippen molar-refractivity contribution in [2.75, 3.05) is 39.3 Å². The van der Waals surface area contributed by atoms with Crippen LogP contribution in [0.1, 0.15) is 83.3 Å². The zero-order chi connectivity index (χ0) is 25.7. The van der Waals surface area contributed by atoms with Gasteiger partial charge in [0.15, 0.2) is 5.82 Å². The molecule has 1 aromatic rings. The molecule has 4 aliphatic rings. The minimum atomic E-state index is -2.82. The molecule has 2 saturated heterocycles. The zero-order valence-corrected chi connectivity index (χ0v) is 21.8. The van der Waals surface area contributed by atoms with Crippen molar-refractivity contribution in [3.8, 4) is 0 Å². The third kappa shape index (κ3) is 5.17.